The lowest BCUT2D eigenvalue weighted by molar-refractivity contribution is -0.115. The second kappa shape index (κ2) is 9.06. The third-order valence-corrected chi connectivity index (χ3v) is 6.96. The summed E-state index contributed by atoms with van der Waals surface area (Å²) in [6.45, 7) is 6.14. The van der Waals surface area contributed by atoms with Crippen LogP contribution >= 0.6 is 23.2 Å². The number of sulfonamides is 1. The standard InChI is InChI=1S/C19H22Cl2N2O3S/c1-4-23(5-2)27(25,26)15-8-6-13(3)18(12-15)22-19(24)11-14-7-9-16(20)17(21)10-14/h6-10,12H,4-5,11H2,1-3H3,(H,22,24). The van der Waals surface area contributed by atoms with E-state index in [0.717, 1.165) is 5.56 Å². The van der Waals surface area contributed by atoms with Gasteiger partial charge in [-0.2, -0.15) is 4.31 Å². The van der Waals surface area contributed by atoms with Crippen molar-refractivity contribution in [3.05, 3.63) is 57.6 Å². The minimum atomic E-state index is -3.60. The third-order valence-electron chi connectivity index (χ3n) is 4.18. The molecule has 2 aromatic rings. The van der Waals surface area contributed by atoms with Crippen molar-refractivity contribution in [1.29, 1.82) is 0 Å². The molecule has 27 heavy (non-hydrogen) atoms. The first-order valence-corrected chi connectivity index (χ1v) is 10.7. The number of benzene rings is 2. The Kier molecular flexibility index (Phi) is 7.28. The Balaban J connectivity index is 2.23. The predicted molar refractivity (Wildman–Crippen MR) is 110 cm³/mol. The molecule has 0 spiro atoms. The number of carbonyl (C=O) groups excluding carboxylic acids is 1. The maximum Gasteiger partial charge on any atom is 0.243 e. The molecule has 146 valence electrons. The first-order valence-electron chi connectivity index (χ1n) is 8.53. The zero-order valence-corrected chi connectivity index (χ0v) is 17.7. The first kappa shape index (κ1) is 21.7. The molecule has 8 heteroatoms. The molecule has 2 aromatic carbocycles. The van der Waals surface area contributed by atoms with Crippen molar-refractivity contribution >= 4 is 44.8 Å². The van der Waals surface area contributed by atoms with Gasteiger partial charge in [-0.3, -0.25) is 4.79 Å². The van der Waals surface area contributed by atoms with Gasteiger partial charge in [-0.25, -0.2) is 8.42 Å². The Hall–Kier alpha value is -1.60. The summed E-state index contributed by atoms with van der Waals surface area (Å²) in [6.07, 6.45) is 0.101. The quantitative estimate of drug-likeness (QED) is 0.704. The molecule has 0 bridgehead atoms. The highest BCUT2D eigenvalue weighted by atomic mass is 35.5. The summed E-state index contributed by atoms with van der Waals surface area (Å²) < 4.78 is 26.8. The Morgan fingerprint density at radius 3 is 2.30 bits per heavy atom. The van der Waals surface area contributed by atoms with Crippen molar-refractivity contribution in [1.82, 2.24) is 4.31 Å². The molecule has 5 nitrogen and oxygen atoms in total. The van der Waals surface area contributed by atoms with Gasteiger partial charge in [-0.15, -0.1) is 0 Å². The zero-order valence-electron chi connectivity index (χ0n) is 15.4. The Labute approximate surface area is 170 Å². The van der Waals surface area contributed by atoms with E-state index in [1.807, 2.05) is 6.92 Å². The highest BCUT2D eigenvalue weighted by molar-refractivity contribution is 7.89. The van der Waals surface area contributed by atoms with Crippen molar-refractivity contribution in [2.75, 3.05) is 18.4 Å². The molecule has 0 aliphatic rings. The lowest BCUT2D eigenvalue weighted by atomic mass is 10.1. The predicted octanol–water partition coefficient (Wildman–Crippen LogP) is 4.51. The van der Waals surface area contributed by atoms with E-state index < -0.39 is 10.0 Å². The van der Waals surface area contributed by atoms with Crippen LogP contribution in [-0.2, 0) is 21.2 Å². The second-order valence-electron chi connectivity index (χ2n) is 6.04. The van der Waals surface area contributed by atoms with Crippen molar-refractivity contribution in [3.8, 4) is 0 Å². The molecule has 0 radical (unpaired) electrons. The molecular formula is C19H22Cl2N2O3S. The number of nitrogens with zero attached hydrogens (tertiary/aromatic N) is 1. The fourth-order valence-corrected chi connectivity index (χ4v) is 4.44. The van der Waals surface area contributed by atoms with Crippen LogP contribution < -0.4 is 5.32 Å². The summed E-state index contributed by atoms with van der Waals surface area (Å²) in [4.78, 5) is 12.5. The molecule has 1 N–H and O–H groups in total. The molecular weight excluding hydrogens is 407 g/mol. The van der Waals surface area contributed by atoms with Gasteiger partial charge in [0, 0.05) is 18.8 Å². The summed E-state index contributed by atoms with van der Waals surface area (Å²) in [5, 5.41) is 3.58. The lowest BCUT2D eigenvalue weighted by Crippen LogP contribution is -2.30. The fraction of sp³-hybridized carbons (Fsp3) is 0.316. The number of amides is 1. The molecule has 1 amide bonds. The van der Waals surface area contributed by atoms with E-state index in [-0.39, 0.29) is 17.2 Å². The number of hydrogen-bond acceptors (Lipinski definition) is 3. The Morgan fingerprint density at radius 1 is 1.04 bits per heavy atom. The van der Waals surface area contributed by atoms with Crippen molar-refractivity contribution in [3.63, 3.8) is 0 Å². The maximum atomic E-state index is 12.7. The van der Waals surface area contributed by atoms with E-state index in [4.69, 9.17) is 23.2 Å². The second-order valence-corrected chi connectivity index (χ2v) is 8.79. The molecule has 0 unspecified atom stereocenters. The molecule has 0 saturated carbocycles. The van der Waals surface area contributed by atoms with Crippen molar-refractivity contribution < 1.29 is 13.2 Å². The highest BCUT2D eigenvalue weighted by Crippen LogP contribution is 2.25. The fourth-order valence-electron chi connectivity index (χ4n) is 2.64. The molecule has 0 aliphatic heterocycles. The van der Waals surface area contributed by atoms with Gasteiger partial charge in [0.15, 0.2) is 0 Å². The first-order chi connectivity index (χ1) is 12.7. The minimum Gasteiger partial charge on any atom is -0.326 e. The number of halogens is 2. The van der Waals surface area contributed by atoms with Crippen LogP contribution in [0.5, 0.6) is 0 Å². The molecule has 0 aliphatic carbocycles. The number of carbonyl (C=O) groups is 1. The maximum absolute atomic E-state index is 12.7. The van der Waals surface area contributed by atoms with Gasteiger partial charge in [0.05, 0.1) is 21.4 Å². The Morgan fingerprint density at radius 2 is 1.70 bits per heavy atom. The number of aryl methyl sites for hydroxylation is 1. The summed E-state index contributed by atoms with van der Waals surface area (Å²) in [5.41, 5.74) is 1.95. The number of nitrogens with one attached hydrogen (secondary N) is 1. The summed E-state index contributed by atoms with van der Waals surface area (Å²) in [5.74, 6) is -0.270. The lowest BCUT2D eigenvalue weighted by Gasteiger charge is -2.19. The van der Waals surface area contributed by atoms with E-state index in [0.29, 0.717) is 34.4 Å². The van der Waals surface area contributed by atoms with Gasteiger partial charge in [-0.05, 0) is 42.3 Å². The summed E-state index contributed by atoms with van der Waals surface area (Å²) in [6, 6.07) is 9.73. The molecule has 2 rings (SSSR count). The van der Waals surface area contributed by atoms with Crippen molar-refractivity contribution in [2.24, 2.45) is 0 Å². The summed E-state index contributed by atoms with van der Waals surface area (Å²) >= 11 is 11.9. The van der Waals surface area contributed by atoms with E-state index >= 15 is 0 Å². The third kappa shape index (κ3) is 5.23. The molecule has 0 heterocycles. The molecule has 0 atom stereocenters. The van der Waals surface area contributed by atoms with Crippen LogP contribution in [0.25, 0.3) is 0 Å². The molecule has 0 aromatic heterocycles. The zero-order chi connectivity index (χ0) is 20.2. The minimum absolute atomic E-state index is 0.101. The van der Waals surface area contributed by atoms with Crippen molar-refractivity contribution in [2.45, 2.75) is 32.1 Å². The smallest absolute Gasteiger partial charge is 0.243 e. The van der Waals surface area contributed by atoms with Gasteiger partial charge in [-0.1, -0.05) is 49.2 Å². The highest BCUT2D eigenvalue weighted by Gasteiger charge is 2.22. The number of anilines is 1. The van der Waals surface area contributed by atoms with E-state index in [1.54, 1.807) is 44.2 Å². The van der Waals surface area contributed by atoms with E-state index in [9.17, 15) is 13.2 Å². The van der Waals surface area contributed by atoms with E-state index in [2.05, 4.69) is 5.32 Å². The average molecular weight is 429 g/mol. The van der Waals surface area contributed by atoms with Crippen LogP contribution in [0.2, 0.25) is 10.0 Å². The molecule has 0 fully saturated rings. The van der Waals surface area contributed by atoms with Crippen LogP contribution in [0, 0.1) is 6.92 Å². The SMILES string of the molecule is CCN(CC)S(=O)(=O)c1ccc(C)c(NC(=O)Cc2ccc(Cl)c(Cl)c2)c1. The van der Waals surface area contributed by atoms with Gasteiger partial charge >= 0.3 is 0 Å². The largest absolute Gasteiger partial charge is 0.326 e. The Bertz CT molecular complexity index is 942. The van der Waals surface area contributed by atoms with Crippen LogP contribution in [0.1, 0.15) is 25.0 Å². The van der Waals surface area contributed by atoms with Crippen LogP contribution in [-0.4, -0.2) is 31.7 Å². The number of hydrogen-bond donors (Lipinski definition) is 1. The van der Waals surface area contributed by atoms with E-state index in [1.165, 1.54) is 10.4 Å². The normalized spacial score (nSPS) is 11.6. The van der Waals surface area contributed by atoms with Gasteiger partial charge in [0.2, 0.25) is 15.9 Å². The van der Waals surface area contributed by atoms with Crippen LogP contribution in [0.3, 0.4) is 0 Å². The summed E-state index contributed by atoms with van der Waals surface area (Å²) in [7, 11) is -3.60. The van der Waals surface area contributed by atoms with Gasteiger partial charge in [0.1, 0.15) is 0 Å². The number of rotatable bonds is 7. The van der Waals surface area contributed by atoms with Crippen LogP contribution in [0.15, 0.2) is 41.3 Å². The topological polar surface area (TPSA) is 66.5 Å². The van der Waals surface area contributed by atoms with Gasteiger partial charge < -0.3 is 5.32 Å². The monoisotopic (exact) mass is 428 g/mol. The average Bonchev–Trinajstić information content (AvgIpc) is 2.60. The van der Waals surface area contributed by atoms with Gasteiger partial charge in [0.25, 0.3) is 0 Å². The molecule has 0 saturated heterocycles. The van der Waals surface area contributed by atoms with Crippen LogP contribution in [0.4, 0.5) is 5.69 Å².